The zero-order valence-electron chi connectivity index (χ0n) is 20.7. The van der Waals surface area contributed by atoms with E-state index >= 15 is 0 Å². The van der Waals surface area contributed by atoms with E-state index in [2.05, 4.69) is 5.32 Å². The van der Waals surface area contributed by atoms with Gasteiger partial charge in [-0.25, -0.2) is 0 Å². The number of nitrogens with zero attached hydrogens (tertiary/aromatic N) is 1. The second kappa shape index (κ2) is 10.4. The van der Waals surface area contributed by atoms with Crippen LogP contribution in [-0.4, -0.2) is 43.0 Å². The average molecular weight is 539 g/mol. The summed E-state index contributed by atoms with van der Waals surface area (Å²) in [4.78, 5) is 29.3. The van der Waals surface area contributed by atoms with E-state index in [1.54, 1.807) is 29.2 Å². The number of nitrogens with one attached hydrogen (secondary N) is 1. The molecule has 37 heavy (non-hydrogen) atoms. The molecule has 0 saturated carbocycles. The van der Waals surface area contributed by atoms with Crippen LogP contribution in [0.25, 0.3) is 0 Å². The first-order valence-corrected chi connectivity index (χ1v) is 13.1. The Bertz CT molecular complexity index is 1350. The summed E-state index contributed by atoms with van der Waals surface area (Å²) >= 11 is 12.5. The standard InChI is InChI=1S/C29H28Cl2N2O4/c1-18(2)22-7-4-8-23(27(34)33-11-13-36-14-12-33)26(22)37-29(17-19-5-3-6-20(30)15-19)24-10-9-21(31)16-25(24)32-28(29)35/h3-10,15-16,18H,11-14,17H2,1-2H3,(H,32,35). The molecule has 0 bridgehead atoms. The number of halogens is 2. The number of para-hydroxylation sites is 1. The predicted octanol–water partition coefficient (Wildman–Crippen LogP) is 6.06. The maximum Gasteiger partial charge on any atom is 0.273 e. The quantitative estimate of drug-likeness (QED) is 0.414. The van der Waals surface area contributed by atoms with Gasteiger partial charge < -0.3 is 19.7 Å². The van der Waals surface area contributed by atoms with Crippen molar-refractivity contribution in [1.29, 1.82) is 0 Å². The molecule has 2 amide bonds. The Kier molecular flexibility index (Phi) is 7.17. The Hall–Kier alpha value is -3.06. The number of hydrogen-bond acceptors (Lipinski definition) is 4. The van der Waals surface area contributed by atoms with Crippen molar-refractivity contribution in [3.63, 3.8) is 0 Å². The van der Waals surface area contributed by atoms with Crippen molar-refractivity contribution < 1.29 is 19.1 Å². The Morgan fingerprint density at radius 1 is 1.05 bits per heavy atom. The average Bonchev–Trinajstić information content (AvgIpc) is 3.13. The van der Waals surface area contributed by atoms with E-state index in [0.29, 0.717) is 58.9 Å². The first-order valence-electron chi connectivity index (χ1n) is 12.3. The molecule has 3 aromatic carbocycles. The van der Waals surface area contributed by atoms with Crippen LogP contribution in [0.1, 0.15) is 46.8 Å². The van der Waals surface area contributed by atoms with Gasteiger partial charge in [0.15, 0.2) is 0 Å². The molecule has 0 aromatic heterocycles. The van der Waals surface area contributed by atoms with Crippen LogP contribution in [0.4, 0.5) is 5.69 Å². The van der Waals surface area contributed by atoms with Crippen molar-refractivity contribution in [2.24, 2.45) is 0 Å². The number of carbonyl (C=O) groups is 2. The number of morpholine rings is 1. The highest BCUT2D eigenvalue weighted by Gasteiger charge is 2.50. The number of fused-ring (bicyclic) bond motifs is 1. The molecule has 0 aliphatic carbocycles. The monoisotopic (exact) mass is 538 g/mol. The van der Waals surface area contributed by atoms with E-state index in [-0.39, 0.29) is 24.2 Å². The largest absolute Gasteiger partial charge is 0.471 e. The first kappa shape index (κ1) is 25.6. The van der Waals surface area contributed by atoms with Gasteiger partial charge in [0.2, 0.25) is 5.60 Å². The minimum Gasteiger partial charge on any atom is -0.471 e. The minimum absolute atomic E-state index is 0.0461. The smallest absolute Gasteiger partial charge is 0.273 e. The lowest BCUT2D eigenvalue weighted by atomic mass is 9.87. The van der Waals surface area contributed by atoms with Crippen molar-refractivity contribution in [2.75, 3.05) is 31.6 Å². The van der Waals surface area contributed by atoms with E-state index in [1.807, 2.05) is 50.2 Å². The molecule has 0 radical (unpaired) electrons. The van der Waals surface area contributed by atoms with Gasteiger partial charge in [-0.2, -0.15) is 0 Å². The molecule has 2 aliphatic heterocycles. The molecule has 6 nitrogen and oxygen atoms in total. The third-order valence-corrected chi connectivity index (χ3v) is 7.32. The molecule has 192 valence electrons. The first-order chi connectivity index (χ1) is 17.8. The second-order valence-electron chi connectivity index (χ2n) is 9.66. The van der Waals surface area contributed by atoms with E-state index in [0.717, 1.165) is 11.1 Å². The highest BCUT2D eigenvalue weighted by atomic mass is 35.5. The predicted molar refractivity (Wildman–Crippen MR) is 145 cm³/mol. The van der Waals surface area contributed by atoms with Crippen LogP contribution in [0.3, 0.4) is 0 Å². The van der Waals surface area contributed by atoms with Crippen LogP contribution in [0.2, 0.25) is 10.0 Å². The molecule has 1 unspecified atom stereocenters. The lowest BCUT2D eigenvalue weighted by Gasteiger charge is -2.33. The number of amides is 2. The fourth-order valence-electron chi connectivity index (χ4n) is 4.97. The number of ether oxygens (including phenoxy) is 2. The van der Waals surface area contributed by atoms with Crippen LogP contribution >= 0.6 is 23.2 Å². The summed E-state index contributed by atoms with van der Waals surface area (Å²) in [7, 11) is 0. The highest BCUT2D eigenvalue weighted by molar-refractivity contribution is 6.31. The summed E-state index contributed by atoms with van der Waals surface area (Å²) in [5, 5.41) is 4.02. The molecule has 1 fully saturated rings. The fourth-order valence-corrected chi connectivity index (χ4v) is 5.35. The van der Waals surface area contributed by atoms with Gasteiger partial charge in [-0.3, -0.25) is 9.59 Å². The number of benzene rings is 3. The Morgan fingerprint density at radius 3 is 2.51 bits per heavy atom. The molecule has 2 heterocycles. The van der Waals surface area contributed by atoms with E-state index in [1.165, 1.54) is 0 Å². The van der Waals surface area contributed by atoms with Crippen LogP contribution in [0.5, 0.6) is 5.75 Å². The van der Waals surface area contributed by atoms with E-state index in [9.17, 15) is 9.59 Å². The number of anilines is 1. The third kappa shape index (κ3) is 4.93. The van der Waals surface area contributed by atoms with Gasteiger partial charge in [-0.1, -0.05) is 67.4 Å². The van der Waals surface area contributed by atoms with Gasteiger partial charge >= 0.3 is 0 Å². The minimum atomic E-state index is -1.43. The third-order valence-electron chi connectivity index (χ3n) is 6.85. The molecular weight excluding hydrogens is 511 g/mol. The van der Waals surface area contributed by atoms with Gasteiger partial charge in [0.25, 0.3) is 11.8 Å². The van der Waals surface area contributed by atoms with Crippen molar-refractivity contribution in [2.45, 2.75) is 31.8 Å². The lowest BCUT2D eigenvalue weighted by molar-refractivity contribution is -0.131. The summed E-state index contributed by atoms with van der Waals surface area (Å²) in [6.45, 7) is 6.05. The summed E-state index contributed by atoms with van der Waals surface area (Å²) in [6.07, 6.45) is 0.214. The molecule has 0 spiro atoms. The van der Waals surface area contributed by atoms with Crippen molar-refractivity contribution in [1.82, 2.24) is 4.90 Å². The molecule has 8 heteroatoms. The number of rotatable bonds is 6. The van der Waals surface area contributed by atoms with Crippen molar-refractivity contribution >= 4 is 40.7 Å². The molecule has 2 aliphatic rings. The van der Waals surface area contributed by atoms with Gasteiger partial charge in [0, 0.05) is 35.1 Å². The maximum atomic E-state index is 13.8. The number of carbonyl (C=O) groups excluding carboxylic acids is 2. The summed E-state index contributed by atoms with van der Waals surface area (Å²) < 4.78 is 12.3. The van der Waals surface area contributed by atoms with Gasteiger partial charge in [0.1, 0.15) is 5.75 Å². The second-order valence-corrected chi connectivity index (χ2v) is 10.5. The normalized spacial score (nSPS) is 19.1. The molecule has 1 saturated heterocycles. The van der Waals surface area contributed by atoms with Crippen molar-refractivity contribution in [3.05, 3.63) is 93.0 Å². The summed E-state index contributed by atoms with van der Waals surface area (Å²) in [5.41, 5.74) is 1.91. The molecule has 3 aromatic rings. The van der Waals surface area contributed by atoms with Crippen LogP contribution in [0, 0.1) is 0 Å². The Balaban J connectivity index is 1.67. The Morgan fingerprint density at radius 2 is 1.78 bits per heavy atom. The highest BCUT2D eigenvalue weighted by Crippen LogP contribution is 2.45. The van der Waals surface area contributed by atoms with Gasteiger partial charge in [-0.05, 0) is 47.4 Å². The fraction of sp³-hybridized carbons (Fsp3) is 0.310. The van der Waals surface area contributed by atoms with Gasteiger partial charge in [0.05, 0.1) is 24.5 Å². The summed E-state index contributed by atoms with van der Waals surface area (Å²) in [5.74, 6) is -0.0136. The van der Waals surface area contributed by atoms with Crippen LogP contribution in [-0.2, 0) is 21.6 Å². The van der Waals surface area contributed by atoms with Crippen LogP contribution in [0.15, 0.2) is 60.7 Å². The SMILES string of the molecule is CC(C)c1cccc(C(=O)N2CCOCC2)c1OC1(Cc2cccc(Cl)c2)C(=O)Nc2cc(Cl)ccc21. The molecule has 5 rings (SSSR count). The maximum absolute atomic E-state index is 13.8. The lowest BCUT2D eigenvalue weighted by Crippen LogP contribution is -2.44. The van der Waals surface area contributed by atoms with E-state index in [4.69, 9.17) is 32.7 Å². The molecule has 1 N–H and O–H groups in total. The number of hydrogen-bond donors (Lipinski definition) is 1. The topological polar surface area (TPSA) is 67.9 Å². The zero-order chi connectivity index (χ0) is 26.2. The molecular formula is C29H28Cl2N2O4. The van der Waals surface area contributed by atoms with Gasteiger partial charge in [-0.15, -0.1) is 0 Å². The summed E-state index contributed by atoms with van der Waals surface area (Å²) in [6, 6.07) is 18.2. The Labute approximate surface area is 226 Å². The van der Waals surface area contributed by atoms with Crippen molar-refractivity contribution in [3.8, 4) is 5.75 Å². The van der Waals surface area contributed by atoms with E-state index < -0.39 is 5.60 Å². The molecule has 1 atom stereocenters. The zero-order valence-corrected chi connectivity index (χ0v) is 22.2. The van der Waals surface area contributed by atoms with Crippen LogP contribution < -0.4 is 10.1 Å².